The Morgan fingerprint density at radius 3 is 2.40 bits per heavy atom. The van der Waals surface area contributed by atoms with Gasteiger partial charge in [-0.3, -0.25) is 4.79 Å². The summed E-state index contributed by atoms with van der Waals surface area (Å²) in [5.41, 5.74) is 0.398. The predicted octanol–water partition coefficient (Wildman–Crippen LogP) is 1.86. The number of carbonyl (C=O) groups excluding carboxylic acids is 1. The zero-order valence-corrected chi connectivity index (χ0v) is 12.2. The Bertz CT molecular complexity index is 529. The van der Waals surface area contributed by atoms with E-state index in [1.54, 1.807) is 19.1 Å². The fourth-order valence-electron chi connectivity index (χ4n) is 1.74. The van der Waals surface area contributed by atoms with Crippen molar-refractivity contribution < 1.29 is 19.0 Å². The lowest BCUT2D eigenvalue weighted by atomic mass is 10.1. The minimum absolute atomic E-state index is 0.235. The van der Waals surface area contributed by atoms with Crippen molar-refractivity contribution in [1.82, 2.24) is 5.32 Å². The fourth-order valence-corrected chi connectivity index (χ4v) is 1.74. The minimum atomic E-state index is -0.235. The lowest BCUT2D eigenvalue weighted by molar-refractivity contribution is 0.0950. The third-order valence-corrected chi connectivity index (χ3v) is 2.66. The van der Waals surface area contributed by atoms with Crippen molar-refractivity contribution in [2.45, 2.75) is 13.3 Å². The number of nitrogens with one attached hydrogen (secondary N) is 1. The zero-order valence-electron chi connectivity index (χ0n) is 12.2. The van der Waals surface area contributed by atoms with Crippen molar-refractivity contribution in [2.75, 3.05) is 27.9 Å². The summed E-state index contributed by atoms with van der Waals surface area (Å²) in [5.74, 6) is 6.69. The van der Waals surface area contributed by atoms with Gasteiger partial charge in [0.2, 0.25) is 5.75 Å². The maximum absolute atomic E-state index is 12.1. The van der Waals surface area contributed by atoms with Crippen LogP contribution in [-0.2, 0) is 0 Å². The monoisotopic (exact) mass is 277 g/mol. The summed E-state index contributed by atoms with van der Waals surface area (Å²) in [6.45, 7) is 2.25. The maximum Gasteiger partial charge on any atom is 0.255 e. The Morgan fingerprint density at radius 2 is 1.85 bits per heavy atom. The summed E-state index contributed by atoms with van der Waals surface area (Å²) in [5, 5.41) is 2.78. The molecule has 5 nitrogen and oxygen atoms in total. The van der Waals surface area contributed by atoms with Crippen LogP contribution in [0.2, 0.25) is 0 Å². The summed E-state index contributed by atoms with van der Waals surface area (Å²) in [7, 11) is 4.51. The van der Waals surface area contributed by atoms with Gasteiger partial charge in [0.1, 0.15) is 0 Å². The van der Waals surface area contributed by atoms with Gasteiger partial charge < -0.3 is 19.5 Å². The minimum Gasteiger partial charge on any atom is -0.493 e. The van der Waals surface area contributed by atoms with Crippen LogP contribution in [-0.4, -0.2) is 33.8 Å². The SMILES string of the molecule is CC#CCCNC(=O)c1ccc(OC)c(OC)c1OC. The van der Waals surface area contributed by atoms with E-state index in [1.165, 1.54) is 21.3 Å². The van der Waals surface area contributed by atoms with Crippen molar-refractivity contribution in [3.05, 3.63) is 17.7 Å². The number of ether oxygens (including phenoxy) is 3. The molecule has 1 aromatic carbocycles. The van der Waals surface area contributed by atoms with Crippen LogP contribution in [0.1, 0.15) is 23.7 Å². The fraction of sp³-hybridized carbons (Fsp3) is 0.400. The second-order valence-electron chi connectivity index (χ2n) is 3.81. The van der Waals surface area contributed by atoms with Gasteiger partial charge in [0.25, 0.3) is 5.91 Å². The van der Waals surface area contributed by atoms with Crippen molar-refractivity contribution in [2.24, 2.45) is 0 Å². The lowest BCUT2D eigenvalue weighted by Crippen LogP contribution is -2.24. The Labute approximate surface area is 119 Å². The van der Waals surface area contributed by atoms with Crippen LogP contribution < -0.4 is 19.5 Å². The van der Waals surface area contributed by atoms with E-state index < -0.39 is 0 Å². The largest absolute Gasteiger partial charge is 0.493 e. The van der Waals surface area contributed by atoms with Gasteiger partial charge >= 0.3 is 0 Å². The van der Waals surface area contributed by atoms with Crippen LogP contribution in [0.4, 0.5) is 0 Å². The molecule has 0 aliphatic heterocycles. The van der Waals surface area contributed by atoms with Crippen molar-refractivity contribution in [3.63, 3.8) is 0 Å². The molecule has 5 heteroatoms. The van der Waals surface area contributed by atoms with Gasteiger partial charge in [0, 0.05) is 13.0 Å². The summed E-state index contributed by atoms with van der Waals surface area (Å²) < 4.78 is 15.7. The van der Waals surface area contributed by atoms with Gasteiger partial charge in [-0.25, -0.2) is 0 Å². The summed E-state index contributed by atoms with van der Waals surface area (Å²) >= 11 is 0. The molecule has 0 fully saturated rings. The standard InChI is InChI=1S/C15H19NO4/c1-5-6-7-10-16-15(17)11-8-9-12(18-2)14(20-4)13(11)19-3/h8-9H,7,10H2,1-4H3,(H,16,17). The Kier molecular flexibility index (Phi) is 6.24. The van der Waals surface area contributed by atoms with E-state index in [9.17, 15) is 4.79 Å². The smallest absolute Gasteiger partial charge is 0.255 e. The molecule has 20 heavy (non-hydrogen) atoms. The van der Waals surface area contributed by atoms with Gasteiger partial charge in [-0.2, -0.15) is 0 Å². The molecule has 1 rings (SSSR count). The highest BCUT2D eigenvalue weighted by Gasteiger charge is 2.20. The maximum atomic E-state index is 12.1. The van der Waals surface area contributed by atoms with Gasteiger partial charge in [-0.05, 0) is 19.1 Å². The number of hydrogen-bond donors (Lipinski definition) is 1. The molecule has 0 spiro atoms. The second-order valence-corrected chi connectivity index (χ2v) is 3.81. The molecule has 0 radical (unpaired) electrons. The molecule has 0 atom stereocenters. The van der Waals surface area contributed by atoms with Crippen LogP contribution in [0.15, 0.2) is 12.1 Å². The van der Waals surface area contributed by atoms with Gasteiger partial charge in [-0.1, -0.05) is 0 Å². The highest BCUT2D eigenvalue weighted by Crippen LogP contribution is 2.39. The quantitative estimate of drug-likeness (QED) is 0.637. The van der Waals surface area contributed by atoms with E-state index in [4.69, 9.17) is 14.2 Å². The molecule has 1 N–H and O–H groups in total. The highest BCUT2D eigenvalue weighted by molar-refractivity contribution is 5.98. The first-order valence-electron chi connectivity index (χ1n) is 6.16. The normalized spacial score (nSPS) is 9.20. The third-order valence-electron chi connectivity index (χ3n) is 2.66. The first kappa shape index (κ1) is 15.7. The van der Waals surface area contributed by atoms with Gasteiger partial charge in [0.05, 0.1) is 26.9 Å². The molecule has 0 unspecified atom stereocenters. The first-order valence-corrected chi connectivity index (χ1v) is 6.16. The Morgan fingerprint density at radius 1 is 1.15 bits per heavy atom. The van der Waals surface area contributed by atoms with E-state index in [0.29, 0.717) is 35.8 Å². The van der Waals surface area contributed by atoms with Crippen molar-refractivity contribution >= 4 is 5.91 Å². The molecular formula is C15H19NO4. The van der Waals surface area contributed by atoms with Gasteiger partial charge in [0.15, 0.2) is 11.5 Å². The van der Waals surface area contributed by atoms with E-state index in [1.807, 2.05) is 0 Å². The third kappa shape index (κ3) is 3.58. The number of benzene rings is 1. The molecule has 108 valence electrons. The van der Waals surface area contributed by atoms with E-state index in [2.05, 4.69) is 17.2 Å². The molecular weight excluding hydrogens is 258 g/mol. The highest BCUT2D eigenvalue weighted by atomic mass is 16.5. The van der Waals surface area contributed by atoms with Gasteiger partial charge in [-0.15, -0.1) is 11.8 Å². The molecule has 0 saturated heterocycles. The summed E-state index contributed by atoms with van der Waals surface area (Å²) in [6, 6.07) is 3.31. The van der Waals surface area contributed by atoms with E-state index in [-0.39, 0.29) is 5.91 Å². The Hall–Kier alpha value is -2.35. The number of hydrogen-bond acceptors (Lipinski definition) is 4. The molecule has 0 saturated carbocycles. The molecule has 0 bridgehead atoms. The zero-order chi connectivity index (χ0) is 15.0. The first-order chi connectivity index (χ1) is 9.69. The Balaban J connectivity index is 2.98. The number of rotatable bonds is 6. The van der Waals surface area contributed by atoms with Crippen LogP contribution >= 0.6 is 0 Å². The summed E-state index contributed by atoms with van der Waals surface area (Å²) in [4.78, 5) is 12.1. The number of carbonyl (C=O) groups is 1. The van der Waals surface area contributed by atoms with Crippen LogP contribution in [0, 0.1) is 11.8 Å². The van der Waals surface area contributed by atoms with E-state index >= 15 is 0 Å². The molecule has 0 aromatic heterocycles. The van der Waals surface area contributed by atoms with Crippen molar-refractivity contribution in [1.29, 1.82) is 0 Å². The van der Waals surface area contributed by atoms with E-state index in [0.717, 1.165) is 0 Å². The van der Waals surface area contributed by atoms with Crippen LogP contribution in [0.5, 0.6) is 17.2 Å². The summed E-state index contributed by atoms with van der Waals surface area (Å²) in [6.07, 6.45) is 0.609. The van der Waals surface area contributed by atoms with Crippen molar-refractivity contribution in [3.8, 4) is 29.1 Å². The topological polar surface area (TPSA) is 56.8 Å². The molecule has 0 aliphatic rings. The average Bonchev–Trinajstić information content (AvgIpc) is 2.49. The molecule has 0 aliphatic carbocycles. The molecule has 1 aromatic rings. The molecule has 1 amide bonds. The lowest BCUT2D eigenvalue weighted by Gasteiger charge is -2.15. The molecule has 0 heterocycles. The predicted molar refractivity (Wildman–Crippen MR) is 76.5 cm³/mol. The second kappa shape index (κ2) is 7.95. The number of amides is 1. The average molecular weight is 277 g/mol. The van der Waals surface area contributed by atoms with Crippen LogP contribution in [0.25, 0.3) is 0 Å². The number of methoxy groups -OCH3 is 3. The van der Waals surface area contributed by atoms with Crippen LogP contribution in [0.3, 0.4) is 0 Å².